The van der Waals surface area contributed by atoms with Gasteiger partial charge in [0.05, 0.1) is 5.54 Å². The van der Waals surface area contributed by atoms with Gasteiger partial charge in [0, 0.05) is 24.0 Å². The Morgan fingerprint density at radius 2 is 1.14 bits per heavy atom. The predicted molar refractivity (Wildman–Crippen MR) is 120 cm³/mol. The molecule has 0 aliphatic rings. The van der Waals surface area contributed by atoms with Gasteiger partial charge in [0.25, 0.3) is 11.8 Å². The van der Waals surface area contributed by atoms with Crippen molar-refractivity contribution in [2.45, 2.75) is 26.3 Å². The van der Waals surface area contributed by atoms with Crippen LogP contribution in [0.4, 0.5) is 33.3 Å². The molecule has 0 radical (unpaired) electrons. The fourth-order valence-electron chi connectivity index (χ4n) is 3.44. The summed E-state index contributed by atoms with van der Waals surface area (Å²) < 4.78 is 69.2. The van der Waals surface area contributed by atoms with Gasteiger partial charge >= 0.3 is 0 Å². The van der Waals surface area contributed by atoms with E-state index in [4.69, 9.17) is 0 Å². The molecule has 0 aliphatic heterocycles. The van der Waals surface area contributed by atoms with Crippen LogP contribution in [0.25, 0.3) is 0 Å². The number of benzene rings is 3. The number of para-hydroxylation sites is 1. The Hall–Kier alpha value is -3.95. The van der Waals surface area contributed by atoms with E-state index < -0.39 is 52.0 Å². The largest absolute Gasteiger partial charge is 0.356 e. The fraction of sp³-hybridized carbons (Fsp3) is 0.200. The van der Waals surface area contributed by atoms with E-state index >= 15 is 0 Å². The van der Waals surface area contributed by atoms with E-state index in [1.807, 2.05) is 30.3 Å². The summed E-state index contributed by atoms with van der Waals surface area (Å²) in [7, 11) is 1.01. The van der Waals surface area contributed by atoms with E-state index in [2.05, 4.69) is 5.32 Å². The summed E-state index contributed by atoms with van der Waals surface area (Å²) in [5.41, 5.74) is -1.17. The van der Waals surface area contributed by atoms with Crippen LogP contribution < -0.4 is 5.32 Å². The topological polar surface area (TPSA) is 52.7 Å². The first-order chi connectivity index (χ1) is 16.3. The number of anilines is 2. The van der Waals surface area contributed by atoms with Crippen LogP contribution in [0.5, 0.6) is 0 Å². The molecule has 0 heterocycles. The monoisotopic (exact) mass is 491 g/mol. The average Bonchev–Trinajstić information content (AvgIpc) is 2.81. The maximum atomic E-state index is 14.2. The molecule has 0 unspecified atom stereocenters. The first-order valence-corrected chi connectivity index (χ1v) is 10.4. The van der Waals surface area contributed by atoms with Gasteiger partial charge in [-0.1, -0.05) is 18.2 Å². The second-order valence-corrected chi connectivity index (χ2v) is 8.63. The molecule has 184 valence electrons. The van der Waals surface area contributed by atoms with E-state index in [-0.39, 0.29) is 5.56 Å². The summed E-state index contributed by atoms with van der Waals surface area (Å²) in [6.45, 7) is 4.62. The summed E-state index contributed by atoms with van der Waals surface area (Å²) in [5, 5.41) is 4.57. The molecule has 3 aromatic carbocycles. The van der Waals surface area contributed by atoms with Crippen molar-refractivity contribution in [3.8, 4) is 0 Å². The maximum Gasteiger partial charge on any atom is 0.278 e. The zero-order chi connectivity index (χ0) is 26.1. The van der Waals surface area contributed by atoms with Gasteiger partial charge < -0.3 is 5.32 Å². The van der Waals surface area contributed by atoms with E-state index in [1.165, 1.54) is 12.1 Å². The van der Waals surface area contributed by atoms with Crippen molar-refractivity contribution in [3.63, 3.8) is 0 Å². The van der Waals surface area contributed by atoms with Crippen molar-refractivity contribution in [1.82, 2.24) is 10.0 Å². The van der Waals surface area contributed by atoms with Crippen LogP contribution in [0.2, 0.25) is 0 Å². The maximum absolute atomic E-state index is 14.2. The van der Waals surface area contributed by atoms with Crippen LogP contribution >= 0.6 is 0 Å². The lowest BCUT2D eigenvalue weighted by Gasteiger charge is -2.41. The third-order valence-electron chi connectivity index (χ3n) is 5.04. The zero-order valence-corrected chi connectivity index (χ0v) is 19.3. The number of halogens is 5. The van der Waals surface area contributed by atoms with Crippen LogP contribution in [-0.4, -0.2) is 34.4 Å². The lowest BCUT2D eigenvalue weighted by atomic mass is 10.1. The quantitative estimate of drug-likeness (QED) is 0.209. The molecule has 0 aromatic heterocycles. The molecule has 35 heavy (non-hydrogen) atoms. The van der Waals surface area contributed by atoms with Crippen molar-refractivity contribution >= 4 is 23.2 Å². The molecule has 0 bridgehead atoms. The van der Waals surface area contributed by atoms with Crippen LogP contribution in [-0.2, 0) is 0 Å². The van der Waals surface area contributed by atoms with Crippen molar-refractivity contribution in [2.75, 3.05) is 12.4 Å². The molecule has 10 heteroatoms. The molecule has 1 N–H and O–H groups in total. The normalized spacial score (nSPS) is 11.2. The Morgan fingerprint density at radius 3 is 1.63 bits per heavy atom. The number of hydrogen-bond acceptors (Lipinski definition) is 3. The third kappa shape index (κ3) is 5.11. The molecule has 0 spiro atoms. The average molecular weight is 491 g/mol. The molecule has 0 fully saturated rings. The van der Waals surface area contributed by atoms with E-state index in [0.29, 0.717) is 10.7 Å². The minimum absolute atomic E-state index is 0.121. The van der Waals surface area contributed by atoms with Gasteiger partial charge in [0.1, 0.15) is 5.56 Å². The van der Waals surface area contributed by atoms with Gasteiger partial charge in [-0.25, -0.2) is 32.0 Å². The number of hydrazine groups is 1. The summed E-state index contributed by atoms with van der Waals surface area (Å²) in [6, 6.07) is 15.4. The second kappa shape index (κ2) is 9.73. The molecule has 0 aliphatic carbocycles. The predicted octanol–water partition coefficient (Wildman–Crippen LogP) is 6.05. The second-order valence-electron chi connectivity index (χ2n) is 8.63. The highest BCUT2D eigenvalue weighted by molar-refractivity contribution is 5.99. The molecule has 0 saturated carbocycles. The summed E-state index contributed by atoms with van der Waals surface area (Å²) in [6.07, 6.45) is 0. The molecular weight excluding hydrogens is 469 g/mol. The van der Waals surface area contributed by atoms with E-state index in [1.54, 1.807) is 32.9 Å². The van der Waals surface area contributed by atoms with Crippen molar-refractivity contribution in [2.24, 2.45) is 0 Å². The highest BCUT2D eigenvalue weighted by Gasteiger charge is 2.38. The lowest BCUT2D eigenvalue weighted by Crippen LogP contribution is -2.56. The number of carbonyl (C=O) groups is 2. The Balaban J connectivity index is 1.94. The Morgan fingerprint density at radius 1 is 0.686 bits per heavy atom. The minimum atomic E-state index is -2.38. The van der Waals surface area contributed by atoms with Crippen LogP contribution in [0, 0.1) is 29.1 Å². The standard InChI is InChI=1S/C25H22F5N3O2/c1-25(2,3)33(32(4)24(35)17-18(26)20(28)22(30)21(29)19(17)27)23(34)14-10-12-16(13-11-14)31-15-8-6-5-7-9-15/h5-13,31H,1-4H3. The van der Waals surface area contributed by atoms with E-state index in [9.17, 15) is 31.5 Å². The Labute approximate surface area is 198 Å². The van der Waals surface area contributed by atoms with Gasteiger partial charge in [0.15, 0.2) is 23.3 Å². The van der Waals surface area contributed by atoms with Crippen molar-refractivity contribution < 1.29 is 31.5 Å². The van der Waals surface area contributed by atoms with Crippen LogP contribution in [0.15, 0.2) is 54.6 Å². The molecule has 0 saturated heterocycles. The number of hydrogen-bond donors (Lipinski definition) is 1. The number of nitrogens with zero attached hydrogens (tertiary/aromatic N) is 2. The van der Waals surface area contributed by atoms with Gasteiger partial charge in [0.2, 0.25) is 5.82 Å². The van der Waals surface area contributed by atoms with Crippen molar-refractivity contribution in [3.05, 3.63) is 94.8 Å². The first kappa shape index (κ1) is 25.7. The van der Waals surface area contributed by atoms with Crippen molar-refractivity contribution in [1.29, 1.82) is 0 Å². The number of rotatable bonds is 4. The Bertz CT molecular complexity index is 1230. The van der Waals surface area contributed by atoms with Crippen LogP contribution in [0.1, 0.15) is 41.5 Å². The summed E-state index contributed by atoms with van der Waals surface area (Å²) >= 11 is 0. The summed E-state index contributed by atoms with van der Waals surface area (Å²) in [5.74, 6) is -13.8. The molecule has 2 amide bonds. The highest BCUT2D eigenvalue weighted by Crippen LogP contribution is 2.27. The smallest absolute Gasteiger partial charge is 0.278 e. The van der Waals surface area contributed by atoms with Gasteiger partial charge in [-0.15, -0.1) is 0 Å². The zero-order valence-electron chi connectivity index (χ0n) is 19.3. The number of nitrogens with one attached hydrogen (secondary N) is 1. The SMILES string of the molecule is CN(C(=O)c1c(F)c(F)c(F)c(F)c1F)N(C(=O)c1ccc(Nc2ccccc2)cc1)C(C)(C)C. The molecule has 5 nitrogen and oxygen atoms in total. The highest BCUT2D eigenvalue weighted by atomic mass is 19.2. The van der Waals surface area contributed by atoms with E-state index in [0.717, 1.165) is 17.7 Å². The van der Waals surface area contributed by atoms with Gasteiger partial charge in [-0.05, 0) is 57.2 Å². The lowest BCUT2D eigenvalue weighted by molar-refractivity contribution is -0.0313. The third-order valence-corrected chi connectivity index (χ3v) is 5.04. The molecule has 0 atom stereocenters. The Kier molecular flexibility index (Phi) is 7.14. The fourth-order valence-corrected chi connectivity index (χ4v) is 3.44. The van der Waals surface area contributed by atoms with Crippen LogP contribution in [0.3, 0.4) is 0 Å². The molecule has 3 rings (SSSR count). The summed E-state index contributed by atoms with van der Waals surface area (Å²) in [4.78, 5) is 26.2. The molecular formula is C25H22F5N3O2. The first-order valence-electron chi connectivity index (χ1n) is 10.4. The number of carbonyl (C=O) groups excluding carboxylic acids is 2. The minimum Gasteiger partial charge on any atom is -0.356 e. The molecule has 3 aromatic rings. The van der Waals surface area contributed by atoms with Gasteiger partial charge in [-0.2, -0.15) is 0 Å². The van der Waals surface area contributed by atoms with Gasteiger partial charge in [-0.3, -0.25) is 9.59 Å². The number of amides is 2.